The van der Waals surface area contributed by atoms with Crippen LogP contribution in [0.1, 0.15) is 58.6 Å². The third-order valence-corrected chi connectivity index (χ3v) is 10.4. The molecule has 3 atom stereocenters. The summed E-state index contributed by atoms with van der Waals surface area (Å²) >= 11 is 1.62. The molecule has 3 aromatic heterocycles. The molecular weight excluding hydrogens is 504 g/mol. The van der Waals surface area contributed by atoms with Crippen LogP contribution in [0.2, 0.25) is 0 Å². The van der Waals surface area contributed by atoms with Crippen molar-refractivity contribution in [2.45, 2.75) is 69.7 Å². The Bertz CT molecular complexity index is 1610. The minimum absolute atomic E-state index is 0.0213. The summed E-state index contributed by atoms with van der Waals surface area (Å²) in [5.41, 5.74) is 1.98. The van der Waals surface area contributed by atoms with E-state index in [1.54, 1.807) is 22.0 Å². The SMILES string of the molecule is Cc1cc(Nc2ncnc3sc4c(c23)CC[C@H](C(=O)N2C[C@H]3C[C@@H]2CO3)C4)c(=O)n2c1C(=O)NC21CCC1. The highest BCUT2D eigenvalue weighted by molar-refractivity contribution is 7.19. The Morgan fingerprint density at radius 1 is 1.29 bits per heavy atom. The Morgan fingerprint density at radius 2 is 2.16 bits per heavy atom. The number of amides is 2. The minimum atomic E-state index is -0.600. The van der Waals surface area contributed by atoms with Crippen LogP contribution in [-0.2, 0) is 28.0 Å². The molecule has 8 rings (SSSR count). The molecule has 1 spiro atoms. The molecule has 11 heteroatoms. The lowest BCUT2D eigenvalue weighted by Crippen LogP contribution is -2.52. The molecule has 196 valence electrons. The van der Waals surface area contributed by atoms with E-state index < -0.39 is 5.66 Å². The summed E-state index contributed by atoms with van der Waals surface area (Å²) in [4.78, 5) is 52.8. The van der Waals surface area contributed by atoms with Crippen molar-refractivity contribution in [3.05, 3.63) is 44.4 Å². The Kier molecular flexibility index (Phi) is 4.68. The zero-order valence-electron chi connectivity index (χ0n) is 21.1. The predicted molar refractivity (Wildman–Crippen MR) is 141 cm³/mol. The summed E-state index contributed by atoms with van der Waals surface area (Å²) in [6.45, 7) is 3.25. The first-order chi connectivity index (χ1) is 18.4. The molecule has 2 bridgehead atoms. The van der Waals surface area contributed by atoms with Gasteiger partial charge in [0, 0.05) is 17.3 Å². The molecule has 0 radical (unpaired) electrons. The Morgan fingerprint density at radius 3 is 2.89 bits per heavy atom. The fourth-order valence-corrected chi connectivity index (χ4v) is 8.42. The predicted octanol–water partition coefficient (Wildman–Crippen LogP) is 2.59. The van der Waals surface area contributed by atoms with Crippen molar-refractivity contribution in [2.75, 3.05) is 18.5 Å². The van der Waals surface area contributed by atoms with E-state index in [1.165, 1.54) is 16.8 Å². The number of aromatic nitrogens is 3. The molecule has 0 unspecified atom stereocenters. The molecule has 38 heavy (non-hydrogen) atoms. The molecule has 2 saturated heterocycles. The van der Waals surface area contributed by atoms with E-state index in [4.69, 9.17) is 4.74 Å². The summed E-state index contributed by atoms with van der Waals surface area (Å²) in [5, 5.41) is 7.29. The number of pyridine rings is 1. The number of carbonyl (C=O) groups is 2. The van der Waals surface area contributed by atoms with E-state index in [2.05, 4.69) is 20.6 Å². The monoisotopic (exact) mass is 532 g/mol. The zero-order chi connectivity index (χ0) is 25.8. The number of hydrogen-bond donors (Lipinski definition) is 2. The maximum atomic E-state index is 13.6. The van der Waals surface area contributed by atoms with Crippen molar-refractivity contribution < 1.29 is 14.3 Å². The number of likely N-dealkylation sites (tertiary alicyclic amines) is 1. The molecule has 3 aromatic rings. The average molecular weight is 533 g/mol. The van der Waals surface area contributed by atoms with E-state index in [0.29, 0.717) is 30.2 Å². The van der Waals surface area contributed by atoms with Crippen LogP contribution >= 0.6 is 11.3 Å². The van der Waals surface area contributed by atoms with Crippen LogP contribution in [0.15, 0.2) is 17.2 Å². The molecule has 0 aromatic carbocycles. The number of nitrogens with one attached hydrogen (secondary N) is 2. The molecule has 6 heterocycles. The maximum absolute atomic E-state index is 13.6. The van der Waals surface area contributed by atoms with E-state index in [-0.39, 0.29) is 35.4 Å². The third-order valence-electron chi connectivity index (χ3n) is 9.19. The second kappa shape index (κ2) is 7.86. The lowest BCUT2D eigenvalue weighted by atomic mass is 9.85. The number of fused-ring (bicyclic) bond motifs is 7. The highest BCUT2D eigenvalue weighted by atomic mass is 32.1. The molecule has 10 nitrogen and oxygen atoms in total. The molecule has 3 aliphatic heterocycles. The number of thiophene rings is 1. The standard InChI is InChI=1S/C27H28N6O4S/c1-13-7-18(26(36)33-21(13)23(34)31-27(33)5-2-6-27)30-22-20-17-4-3-14(8-19(17)38-24(20)29-12-28-22)25(35)32-10-16-9-15(32)11-37-16/h7,12,14-16H,2-6,8-11H2,1H3,(H,31,34)(H,28,29,30)/t14-,15+,16+/m0/s1. The van der Waals surface area contributed by atoms with Gasteiger partial charge in [-0.1, -0.05) is 0 Å². The number of carbonyl (C=O) groups excluding carboxylic acids is 2. The van der Waals surface area contributed by atoms with Crippen LogP contribution in [0.5, 0.6) is 0 Å². The number of aryl methyl sites for hydroxylation is 2. The van der Waals surface area contributed by atoms with Gasteiger partial charge in [0.25, 0.3) is 11.5 Å². The summed E-state index contributed by atoms with van der Waals surface area (Å²) in [6.07, 6.45) is 7.46. The Labute approximate surface area is 222 Å². The quantitative estimate of drug-likeness (QED) is 0.532. The van der Waals surface area contributed by atoms with Gasteiger partial charge in [-0.3, -0.25) is 19.0 Å². The van der Waals surface area contributed by atoms with Gasteiger partial charge in [-0.2, -0.15) is 0 Å². The van der Waals surface area contributed by atoms with Gasteiger partial charge in [-0.05, 0) is 69.1 Å². The highest BCUT2D eigenvalue weighted by Crippen LogP contribution is 2.43. The fraction of sp³-hybridized carbons (Fsp3) is 0.519. The second-order valence-electron chi connectivity index (χ2n) is 11.4. The van der Waals surface area contributed by atoms with Gasteiger partial charge in [0.15, 0.2) is 0 Å². The Hall–Kier alpha value is -3.31. The van der Waals surface area contributed by atoms with Crippen LogP contribution in [0.3, 0.4) is 0 Å². The van der Waals surface area contributed by atoms with Crippen molar-refractivity contribution >= 4 is 44.9 Å². The molecule has 3 fully saturated rings. The van der Waals surface area contributed by atoms with Gasteiger partial charge in [0.2, 0.25) is 5.91 Å². The van der Waals surface area contributed by atoms with Crippen LogP contribution in [0.25, 0.3) is 10.2 Å². The summed E-state index contributed by atoms with van der Waals surface area (Å²) in [7, 11) is 0. The number of morpholine rings is 1. The molecule has 5 aliphatic rings. The number of ether oxygens (including phenoxy) is 1. The van der Waals surface area contributed by atoms with Crippen molar-refractivity contribution in [3.63, 3.8) is 0 Å². The Balaban J connectivity index is 1.13. The number of rotatable bonds is 3. The highest BCUT2D eigenvalue weighted by Gasteiger charge is 2.49. The zero-order valence-corrected chi connectivity index (χ0v) is 21.9. The molecule has 2 amide bonds. The van der Waals surface area contributed by atoms with Gasteiger partial charge >= 0.3 is 0 Å². The van der Waals surface area contributed by atoms with Gasteiger partial charge < -0.3 is 20.3 Å². The van der Waals surface area contributed by atoms with Gasteiger partial charge in [-0.15, -0.1) is 11.3 Å². The number of hydrogen-bond acceptors (Lipinski definition) is 8. The van der Waals surface area contributed by atoms with Gasteiger partial charge in [-0.25, -0.2) is 9.97 Å². The maximum Gasteiger partial charge on any atom is 0.276 e. The van der Waals surface area contributed by atoms with Crippen molar-refractivity contribution in [3.8, 4) is 0 Å². The lowest BCUT2D eigenvalue weighted by molar-refractivity contribution is -0.140. The smallest absolute Gasteiger partial charge is 0.276 e. The van der Waals surface area contributed by atoms with E-state index >= 15 is 0 Å². The minimum Gasteiger partial charge on any atom is -0.374 e. The van der Waals surface area contributed by atoms with Crippen molar-refractivity contribution in [2.24, 2.45) is 5.92 Å². The topological polar surface area (TPSA) is 118 Å². The van der Waals surface area contributed by atoms with Gasteiger partial charge in [0.05, 0.1) is 24.1 Å². The van der Waals surface area contributed by atoms with E-state index in [9.17, 15) is 14.4 Å². The summed E-state index contributed by atoms with van der Waals surface area (Å²) < 4.78 is 7.34. The molecule has 2 aliphatic carbocycles. The summed E-state index contributed by atoms with van der Waals surface area (Å²) in [6, 6.07) is 1.98. The lowest BCUT2D eigenvalue weighted by Gasteiger charge is -2.39. The molecular formula is C27H28N6O4S. The number of nitrogens with zero attached hydrogens (tertiary/aromatic N) is 4. The normalized spacial score (nSPS) is 26.4. The first-order valence-electron chi connectivity index (χ1n) is 13.5. The average Bonchev–Trinajstić information content (AvgIpc) is 3.66. The third kappa shape index (κ3) is 3.05. The van der Waals surface area contributed by atoms with Crippen molar-refractivity contribution in [1.82, 2.24) is 24.8 Å². The van der Waals surface area contributed by atoms with Crippen LogP contribution in [-0.4, -0.2) is 56.5 Å². The van der Waals surface area contributed by atoms with Gasteiger partial charge in [0.1, 0.15) is 34.0 Å². The van der Waals surface area contributed by atoms with Crippen LogP contribution in [0, 0.1) is 12.8 Å². The van der Waals surface area contributed by atoms with E-state index in [0.717, 1.165) is 60.8 Å². The fourth-order valence-electron chi connectivity index (χ4n) is 7.16. The molecule has 2 N–H and O–H groups in total. The van der Waals surface area contributed by atoms with Crippen molar-refractivity contribution in [1.29, 1.82) is 0 Å². The largest absolute Gasteiger partial charge is 0.374 e. The molecule has 1 saturated carbocycles. The first-order valence-corrected chi connectivity index (χ1v) is 14.3. The van der Waals surface area contributed by atoms with E-state index in [1.807, 2.05) is 11.8 Å². The summed E-state index contributed by atoms with van der Waals surface area (Å²) in [5.74, 6) is 0.652. The van der Waals surface area contributed by atoms with Crippen LogP contribution in [0.4, 0.5) is 11.5 Å². The number of anilines is 2. The van der Waals surface area contributed by atoms with Crippen LogP contribution < -0.4 is 16.2 Å². The first kappa shape index (κ1) is 22.7. The second-order valence-corrected chi connectivity index (χ2v) is 12.5.